The molecule has 0 spiro atoms. The summed E-state index contributed by atoms with van der Waals surface area (Å²) >= 11 is 1.59. The van der Waals surface area contributed by atoms with E-state index >= 15 is 0 Å². The molecule has 0 fully saturated rings. The summed E-state index contributed by atoms with van der Waals surface area (Å²) in [5.74, 6) is 2.40. The minimum absolute atomic E-state index is 0.256. The minimum atomic E-state index is 0.256. The molecule has 0 saturated heterocycles. The fraction of sp³-hybridized carbons (Fsp3) is 0.100. The number of fused-ring (bicyclic) bond motifs is 3. The molecule has 174 valence electrons. The van der Waals surface area contributed by atoms with Gasteiger partial charge in [-0.2, -0.15) is 0 Å². The van der Waals surface area contributed by atoms with Crippen molar-refractivity contribution in [3.05, 3.63) is 101 Å². The molecule has 1 heterocycles. The van der Waals surface area contributed by atoms with Crippen LogP contribution in [0.15, 0.2) is 84.6 Å². The zero-order chi connectivity index (χ0) is 24.4. The summed E-state index contributed by atoms with van der Waals surface area (Å²) in [5.41, 5.74) is 6.75. The number of methoxy groups -OCH3 is 3. The summed E-state index contributed by atoms with van der Waals surface area (Å²) in [6.07, 6.45) is 1.82. The summed E-state index contributed by atoms with van der Waals surface area (Å²) in [6, 6.07) is 25.7. The van der Waals surface area contributed by atoms with Gasteiger partial charge in [0, 0.05) is 38.2 Å². The average molecular weight is 481 g/mol. The molecule has 0 unspecified atom stereocenters. The fourth-order valence-corrected chi connectivity index (χ4v) is 5.29. The molecule has 0 aliphatic carbocycles. The third kappa shape index (κ3) is 4.24. The zero-order valence-corrected chi connectivity index (χ0v) is 20.5. The van der Waals surface area contributed by atoms with Crippen molar-refractivity contribution in [3.8, 4) is 23.0 Å². The summed E-state index contributed by atoms with van der Waals surface area (Å²) in [6.45, 7) is 0. The molecule has 0 atom stereocenters. The normalized spacial score (nSPS) is 10.7. The van der Waals surface area contributed by atoms with Crippen molar-refractivity contribution in [2.45, 2.75) is 0 Å². The van der Waals surface area contributed by atoms with Crippen LogP contribution >= 0.6 is 11.3 Å². The van der Waals surface area contributed by atoms with Gasteiger partial charge in [0.25, 0.3) is 0 Å². The van der Waals surface area contributed by atoms with E-state index in [1.54, 1.807) is 32.7 Å². The van der Waals surface area contributed by atoms with Crippen molar-refractivity contribution in [1.29, 1.82) is 0 Å². The number of phenolic OH excluding ortho intramolecular Hbond substituents is 1. The predicted molar refractivity (Wildman–Crippen MR) is 144 cm³/mol. The van der Waals surface area contributed by atoms with Crippen LogP contribution < -0.4 is 14.2 Å². The van der Waals surface area contributed by atoms with E-state index in [0.717, 1.165) is 42.6 Å². The molecule has 0 aliphatic rings. The zero-order valence-electron chi connectivity index (χ0n) is 19.7. The van der Waals surface area contributed by atoms with Crippen LogP contribution in [0, 0.1) is 0 Å². The number of phenols is 1. The number of thiophene rings is 1. The predicted octanol–water partition coefficient (Wildman–Crippen LogP) is 7.53. The maximum atomic E-state index is 11.1. The standard InChI is InChI=1S/C30H24O4S/c1-32-21-12-8-19(9-13-21)23(24-17-14-22(33-2)18-27(24)34-3)15-10-20-11-16-26-25-6-4-5-7-28(25)35-30(26)29(20)31/h4-14,16-18,31H,1-3H3. The number of rotatable bonds is 6. The van der Waals surface area contributed by atoms with Crippen LogP contribution in [-0.2, 0) is 0 Å². The van der Waals surface area contributed by atoms with Crippen molar-refractivity contribution in [1.82, 2.24) is 0 Å². The van der Waals surface area contributed by atoms with Gasteiger partial charge in [-0.1, -0.05) is 36.4 Å². The largest absolute Gasteiger partial charge is 0.506 e. The first-order valence-electron chi connectivity index (χ1n) is 11.1. The average Bonchev–Trinajstić information content (AvgIpc) is 3.30. The van der Waals surface area contributed by atoms with Gasteiger partial charge in [0.1, 0.15) is 23.0 Å². The molecule has 4 nitrogen and oxygen atoms in total. The Morgan fingerprint density at radius 3 is 2.29 bits per heavy atom. The van der Waals surface area contributed by atoms with Gasteiger partial charge < -0.3 is 19.3 Å². The number of hydrogen-bond acceptors (Lipinski definition) is 5. The Morgan fingerprint density at radius 2 is 1.54 bits per heavy atom. The van der Waals surface area contributed by atoms with E-state index in [1.165, 1.54) is 0 Å². The van der Waals surface area contributed by atoms with Gasteiger partial charge in [0.2, 0.25) is 0 Å². The van der Waals surface area contributed by atoms with Crippen molar-refractivity contribution in [3.63, 3.8) is 0 Å². The van der Waals surface area contributed by atoms with E-state index in [-0.39, 0.29) is 5.75 Å². The summed E-state index contributed by atoms with van der Waals surface area (Å²) < 4.78 is 18.4. The molecule has 5 aromatic rings. The lowest BCUT2D eigenvalue weighted by Crippen LogP contribution is -1.95. The molecule has 1 aromatic heterocycles. The second-order valence-corrected chi connectivity index (χ2v) is 8.99. The fourth-order valence-electron chi connectivity index (χ4n) is 4.14. The van der Waals surface area contributed by atoms with E-state index in [2.05, 4.69) is 23.9 Å². The first-order chi connectivity index (χ1) is 17.1. The molecule has 0 radical (unpaired) electrons. The van der Waals surface area contributed by atoms with Gasteiger partial charge in [-0.05, 0) is 48.0 Å². The molecule has 0 saturated carbocycles. The van der Waals surface area contributed by atoms with E-state index in [1.807, 2.05) is 66.7 Å². The SMILES string of the molecule is COc1ccc(C(=C=Cc2ccc3c(sc4ccccc43)c2O)c2ccc(OC)cc2OC)cc1. The van der Waals surface area contributed by atoms with Crippen molar-refractivity contribution < 1.29 is 19.3 Å². The van der Waals surface area contributed by atoms with Gasteiger partial charge >= 0.3 is 0 Å². The molecule has 5 rings (SSSR count). The first kappa shape index (κ1) is 22.6. The Bertz CT molecular complexity index is 1590. The van der Waals surface area contributed by atoms with Crippen LogP contribution in [0.1, 0.15) is 16.7 Å². The van der Waals surface area contributed by atoms with Crippen LogP contribution in [0.4, 0.5) is 0 Å². The van der Waals surface area contributed by atoms with Gasteiger partial charge in [-0.25, -0.2) is 0 Å². The molecule has 5 heteroatoms. The molecular formula is C30H24O4S. The molecule has 0 aliphatic heterocycles. The Morgan fingerprint density at radius 1 is 0.800 bits per heavy atom. The number of benzene rings is 4. The van der Waals surface area contributed by atoms with Crippen LogP contribution in [0.25, 0.3) is 31.8 Å². The van der Waals surface area contributed by atoms with Gasteiger partial charge in [0.05, 0.1) is 26.0 Å². The number of hydrogen-bond donors (Lipinski definition) is 1. The van der Waals surface area contributed by atoms with Crippen LogP contribution in [0.2, 0.25) is 0 Å². The molecule has 4 aromatic carbocycles. The summed E-state index contributed by atoms with van der Waals surface area (Å²) in [4.78, 5) is 0. The third-order valence-electron chi connectivity index (χ3n) is 5.98. The van der Waals surface area contributed by atoms with Crippen molar-refractivity contribution in [2.75, 3.05) is 21.3 Å². The lowest BCUT2D eigenvalue weighted by Gasteiger charge is -2.13. The van der Waals surface area contributed by atoms with Gasteiger partial charge in [-0.3, -0.25) is 0 Å². The monoisotopic (exact) mass is 480 g/mol. The quantitative estimate of drug-likeness (QED) is 0.255. The highest BCUT2D eigenvalue weighted by molar-refractivity contribution is 7.26. The highest BCUT2D eigenvalue weighted by atomic mass is 32.1. The second-order valence-electron chi connectivity index (χ2n) is 7.94. The lowest BCUT2D eigenvalue weighted by molar-refractivity contribution is 0.393. The molecular weight excluding hydrogens is 456 g/mol. The first-order valence-corrected chi connectivity index (χ1v) is 11.9. The lowest BCUT2D eigenvalue weighted by atomic mass is 9.97. The molecule has 35 heavy (non-hydrogen) atoms. The van der Waals surface area contributed by atoms with E-state index in [4.69, 9.17) is 14.2 Å². The summed E-state index contributed by atoms with van der Waals surface area (Å²) in [7, 11) is 4.90. The topological polar surface area (TPSA) is 47.9 Å². The third-order valence-corrected chi connectivity index (χ3v) is 7.17. The van der Waals surface area contributed by atoms with Gasteiger partial charge in [0.15, 0.2) is 0 Å². The highest BCUT2D eigenvalue weighted by Crippen LogP contribution is 2.41. The van der Waals surface area contributed by atoms with E-state index < -0.39 is 0 Å². The van der Waals surface area contributed by atoms with Crippen molar-refractivity contribution in [2.24, 2.45) is 0 Å². The summed E-state index contributed by atoms with van der Waals surface area (Å²) in [5, 5.41) is 13.3. The smallest absolute Gasteiger partial charge is 0.141 e. The molecule has 0 bridgehead atoms. The Hall–Kier alpha value is -4.18. The molecule has 0 amide bonds. The maximum Gasteiger partial charge on any atom is 0.141 e. The number of aromatic hydroxyl groups is 1. The van der Waals surface area contributed by atoms with Crippen molar-refractivity contribution >= 4 is 43.2 Å². The maximum absolute atomic E-state index is 11.1. The van der Waals surface area contributed by atoms with Crippen LogP contribution in [0.5, 0.6) is 23.0 Å². The minimum Gasteiger partial charge on any atom is -0.506 e. The highest BCUT2D eigenvalue weighted by Gasteiger charge is 2.14. The molecule has 1 N–H and O–H groups in total. The van der Waals surface area contributed by atoms with E-state index in [0.29, 0.717) is 17.1 Å². The van der Waals surface area contributed by atoms with Crippen LogP contribution in [0.3, 0.4) is 0 Å². The van der Waals surface area contributed by atoms with Crippen LogP contribution in [-0.4, -0.2) is 26.4 Å². The number of ether oxygens (including phenoxy) is 3. The Kier molecular flexibility index (Phi) is 6.19. The van der Waals surface area contributed by atoms with Gasteiger partial charge in [-0.15, -0.1) is 17.1 Å². The van der Waals surface area contributed by atoms with E-state index in [9.17, 15) is 5.11 Å². The second kappa shape index (κ2) is 9.59. The Balaban J connectivity index is 1.70. The Labute approximate surface area is 207 Å².